The Balaban J connectivity index is 1.62. The van der Waals surface area contributed by atoms with Gasteiger partial charge in [0.25, 0.3) is 0 Å². The summed E-state index contributed by atoms with van der Waals surface area (Å²) in [7, 11) is 0. The maximum atomic E-state index is 12.8. The normalized spacial score (nSPS) is 10.9. The summed E-state index contributed by atoms with van der Waals surface area (Å²) in [6.45, 7) is 4.01. The molecule has 27 heavy (non-hydrogen) atoms. The summed E-state index contributed by atoms with van der Waals surface area (Å²) >= 11 is 0. The molecule has 2 aromatic heterocycles. The van der Waals surface area contributed by atoms with Crippen molar-refractivity contribution < 1.29 is 4.79 Å². The number of carbonyl (C=O) groups is 1. The Kier molecular flexibility index (Phi) is 4.42. The summed E-state index contributed by atoms with van der Waals surface area (Å²) in [6.07, 6.45) is 5.57. The highest BCUT2D eigenvalue weighted by Gasteiger charge is 2.14. The average molecular weight is 356 g/mol. The maximum Gasteiger partial charge on any atom is 0.228 e. The molecule has 1 N–H and O–H groups in total. The van der Waals surface area contributed by atoms with Gasteiger partial charge in [0, 0.05) is 23.5 Å². The van der Waals surface area contributed by atoms with E-state index in [0.717, 1.165) is 39.1 Å². The molecule has 0 aliphatic rings. The number of imidazole rings is 1. The molecule has 0 aliphatic carbocycles. The largest absolute Gasteiger partial charge is 0.324 e. The number of aryl methyl sites for hydroxylation is 2. The van der Waals surface area contributed by atoms with E-state index in [1.165, 1.54) is 0 Å². The van der Waals surface area contributed by atoms with Crippen molar-refractivity contribution in [3.05, 3.63) is 84.1 Å². The SMILES string of the molecule is Cc1nc2ccccc2c(C)c1CC(=O)Nc1ccccc1-n1ccnc1. The molecule has 0 aliphatic heterocycles. The van der Waals surface area contributed by atoms with Crippen LogP contribution in [0.1, 0.15) is 16.8 Å². The lowest BCUT2D eigenvalue weighted by molar-refractivity contribution is -0.115. The number of hydrogen-bond donors (Lipinski definition) is 1. The third kappa shape index (κ3) is 3.31. The van der Waals surface area contributed by atoms with Crippen molar-refractivity contribution >= 4 is 22.5 Å². The molecule has 0 saturated carbocycles. The zero-order valence-electron chi connectivity index (χ0n) is 15.3. The first kappa shape index (κ1) is 17.0. The monoisotopic (exact) mass is 356 g/mol. The Hall–Kier alpha value is -3.47. The first-order chi connectivity index (χ1) is 13.1. The number of carbonyl (C=O) groups excluding carboxylic acids is 1. The van der Waals surface area contributed by atoms with E-state index in [4.69, 9.17) is 0 Å². The van der Waals surface area contributed by atoms with Gasteiger partial charge in [0.05, 0.1) is 29.6 Å². The van der Waals surface area contributed by atoms with Crippen molar-refractivity contribution in [3.63, 3.8) is 0 Å². The number of anilines is 1. The molecule has 0 spiro atoms. The summed E-state index contributed by atoms with van der Waals surface area (Å²) in [5.41, 5.74) is 5.58. The molecule has 4 rings (SSSR count). The highest BCUT2D eigenvalue weighted by molar-refractivity contribution is 5.95. The van der Waals surface area contributed by atoms with Crippen LogP contribution in [-0.2, 0) is 11.2 Å². The molecule has 0 bridgehead atoms. The van der Waals surface area contributed by atoms with E-state index >= 15 is 0 Å². The second-order valence-corrected chi connectivity index (χ2v) is 6.53. The van der Waals surface area contributed by atoms with Gasteiger partial charge in [-0.1, -0.05) is 30.3 Å². The summed E-state index contributed by atoms with van der Waals surface area (Å²) in [4.78, 5) is 21.5. The smallest absolute Gasteiger partial charge is 0.228 e. The number of nitrogens with one attached hydrogen (secondary N) is 1. The molecule has 4 aromatic rings. The number of pyridine rings is 1. The molecule has 134 valence electrons. The molecule has 2 aromatic carbocycles. The number of nitrogens with zero attached hydrogens (tertiary/aromatic N) is 3. The third-order valence-corrected chi connectivity index (χ3v) is 4.78. The van der Waals surface area contributed by atoms with Crippen molar-refractivity contribution in [2.75, 3.05) is 5.32 Å². The first-order valence-corrected chi connectivity index (χ1v) is 8.85. The zero-order valence-corrected chi connectivity index (χ0v) is 15.3. The van der Waals surface area contributed by atoms with Crippen LogP contribution in [0.25, 0.3) is 16.6 Å². The van der Waals surface area contributed by atoms with Crippen molar-refractivity contribution in [1.82, 2.24) is 14.5 Å². The minimum absolute atomic E-state index is 0.0640. The van der Waals surface area contributed by atoms with Crippen LogP contribution in [0.4, 0.5) is 5.69 Å². The van der Waals surface area contributed by atoms with E-state index in [2.05, 4.69) is 22.2 Å². The fraction of sp³-hybridized carbons (Fsp3) is 0.136. The van der Waals surface area contributed by atoms with Gasteiger partial charge in [0.15, 0.2) is 0 Å². The van der Waals surface area contributed by atoms with Gasteiger partial charge < -0.3 is 9.88 Å². The molecule has 5 heteroatoms. The van der Waals surface area contributed by atoms with Crippen molar-refractivity contribution in [1.29, 1.82) is 0 Å². The Labute approximate surface area is 157 Å². The van der Waals surface area contributed by atoms with Gasteiger partial charge in [-0.3, -0.25) is 9.78 Å². The van der Waals surface area contributed by atoms with Crippen molar-refractivity contribution in [2.45, 2.75) is 20.3 Å². The van der Waals surface area contributed by atoms with Crippen LogP contribution < -0.4 is 5.32 Å². The third-order valence-electron chi connectivity index (χ3n) is 4.78. The second-order valence-electron chi connectivity index (χ2n) is 6.53. The van der Waals surface area contributed by atoms with Gasteiger partial charge >= 0.3 is 0 Å². The van der Waals surface area contributed by atoms with Gasteiger partial charge in [-0.2, -0.15) is 0 Å². The number of para-hydroxylation sites is 3. The number of rotatable bonds is 4. The van der Waals surface area contributed by atoms with Gasteiger partial charge in [0.2, 0.25) is 5.91 Å². The zero-order chi connectivity index (χ0) is 18.8. The molecule has 2 heterocycles. The summed E-state index contributed by atoms with van der Waals surface area (Å²) in [5, 5.41) is 4.12. The first-order valence-electron chi connectivity index (χ1n) is 8.85. The molecule has 0 radical (unpaired) electrons. The van der Waals surface area contributed by atoms with Crippen molar-refractivity contribution in [3.8, 4) is 5.69 Å². The van der Waals surface area contributed by atoms with Crippen LogP contribution in [-0.4, -0.2) is 20.4 Å². The molecule has 1 amide bonds. The Morgan fingerprint density at radius 2 is 1.85 bits per heavy atom. The standard InChI is InChI=1S/C22H20N4O/c1-15-17-7-3-4-8-19(17)24-16(2)18(15)13-22(27)25-20-9-5-6-10-21(20)26-12-11-23-14-26/h3-12,14H,13H2,1-2H3,(H,25,27). The predicted octanol–water partition coefficient (Wildman–Crippen LogP) is 4.22. The minimum atomic E-state index is -0.0640. The predicted molar refractivity (Wildman–Crippen MR) is 107 cm³/mol. The molecular weight excluding hydrogens is 336 g/mol. The number of fused-ring (bicyclic) bond motifs is 1. The number of hydrogen-bond acceptors (Lipinski definition) is 3. The van der Waals surface area contributed by atoms with Crippen molar-refractivity contribution in [2.24, 2.45) is 0 Å². The minimum Gasteiger partial charge on any atom is -0.324 e. The van der Waals surface area contributed by atoms with Gasteiger partial charge in [-0.15, -0.1) is 0 Å². The van der Waals surface area contributed by atoms with Crippen LogP contribution in [0, 0.1) is 13.8 Å². The van der Waals surface area contributed by atoms with E-state index in [9.17, 15) is 4.79 Å². The molecule has 0 unspecified atom stereocenters. The lowest BCUT2D eigenvalue weighted by Gasteiger charge is -2.14. The topological polar surface area (TPSA) is 59.8 Å². The quantitative estimate of drug-likeness (QED) is 0.596. The maximum absolute atomic E-state index is 12.8. The average Bonchev–Trinajstić information content (AvgIpc) is 3.20. The van der Waals surface area contributed by atoms with Crippen LogP contribution in [0.15, 0.2) is 67.3 Å². The lowest BCUT2D eigenvalue weighted by atomic mass is 9.99. The molecule has 0 fully saturated rings. The van der Waals surface area contributed by atoms with E-state index in [1.807, 2.05) is 66.2 Å². The molecule has 0 atom stereocenters. The molecular formula is C22H20N4O. The van der Waals surface area contributed by atoms with E-state index in [0.29, 0.717) is 0 Å². The van der Waals surface area contributed by atoms with Gasteiger partial charge in [-0.05, 0) is 43.2 Å². The number of aromatic nitrogens is 3. The highest BCUT2D eigenvalue weighted by Crippen LogP contribution is 2.24. The van der Waals surface area contributed by atoms with Crippen LogP contribution in [0.3, 0.4) is 0 Å². The van der Waals surface area contributed by atoms with Crippen LogP contribution in [0.2, 0.25) is 0 Å². The number of amides is 1. The van der Waals surface area contributed by atoms with E-state index in [-0.39, 0.29) is 12.3 Å². The number of benzene rings is 2. The van der Waals surface area contributed by atoms with Crippen LogP contribution >= 0.6 is 0 Å². The van der Waals surface area contributed by atoms with E-state index < -0.39 is 0 Å². The van der Waals surface area contributed by atoms with Gasteiger partial charge in [0.1, 0.15) is 0 Å². The summed E-state index contributed by atoms with van der Waals surface area (Å²) in [6, 6.07) is 15.7. The second kappa shape index (κ2) is 7.03. The van der Waals surface area contributed by atoms with Crippen LogP contribution in [0.5, 0.6) is 0 Å². The fourth-order valence-corrected chi connectivity index (χ4v) is 3.39. The fourth-order valence-electron chi connectivity index (χ4n) is 3.39. The van der Waals surface area contributed by atoms with E-state index in [1.54, 1.807) is 12.5 Å². The Morgan fingerprint density at radius 3 is 2.67 bits per heavy atom. The lowest BCUT2D eigenvalue weighted by Crippen LogP contribution is -2.17. The highest BCUT2D eigenvalue weighted by atomic mass is 16.1. The Bertz CT molecular complexity index is 1120. The summed E-state index contributed by atoms with van der Waals surface area (Å²) < 4.78 is 1.88. The molecule has 5 nitrogen and oxygen atoms in total. The van der Waals surface area contributed by atoms with Gasteiger partial charge in [-0.25, -0.2) is 4.98 Å². The Morgan fingerprint density at radius 1 is 1.07 bits per heavy atom. The summed E-state index contributed by atoms with van der Waals surface area (Å²) in [5.74, 6) is -0.0640. The molecule has 0 saturated heterocycles.